The Morgan fingerprint density at radius 3 is 2.11 bits per heavy atom. The molecule has 2 aliphatic rings. The van der Waals surface area contributed by atoms with Crippen LogP contribution in [0.15, 0.2) is 0 Å². The second kappa shape index (κ2) is 6.16. The fraction of sp³-hybridized carbons (Fsp3) is 1.00. The first-order valence-corrected chi connectivity index (χ1v) is 8.65. The molecule has 5 atom stereocenters. The average Bonchev–Trinajstić information content (AvgIpc) is 2.34. The Hall–Kier alpha value is -0.0400. The second-order valence-corrected chi connectivity index (χ2v) is 8.40. The standard InChI is InChI=1S/C18H35N/c1-13-9-8-12-16(14(13)2)19-17-11-7-6-10-15(17)18(3,4)5/h13-17,19H,6-12H2,1-5H3. The lowest BCUT2D eigenvalue weighted by atomic mass is 9.68. The summed E-state index contributed by atoms with van der Waals surface area (Å²) in [6.45, 7) is 12.2. The van der Waals surface area contributed by atoms with Gasteiger partial charge >= 0.3 is 0 Å². The molecule has 0 heterocycles. The fourth-order valence-corrected chi connectivity index (χ4v) is 4.46. The second-order valence-electron chi connectivity index (χ2n) is 8.40. The molecule has 0 aliphatic heterocycles. The Morgan fingerprint density at radius 1 is 0.789 bits per heavy atom. The van der Waals surface area contributed by atoms with E-state index < -0.39 is 0 Å². The zero-order valence-electron chi connectivity index (χ0n) is 13.8. The Morgan fingerprint density at radius 2 is 1.42 bits per heavy atom. The van der Waals surface area contributed by atoms with Gasteiger partial charge in [-0.05, 0) is 42.4 Å². The lowest BCUT2D eigenvalue weighted by molar-refractivity contribution is 0.0986. The van der Waals surface area contributed by atoms with Gasteiger partial charge in [-0.15, -0.1) is 0 Å². The molecular formula is C18H35N. The van der Waals surface area contributed by atoms with Crippen LogP contribution in [0.3, 0.4) is 0 Å². The van der Waals surface area contributed by atoms with Crippen molar-refractivity contribution in [2.45, 2.75) is 91.6 Å². The largest absolute Gasteiger partial charge is 0.311 e. The van der Waals surface area contributed by atoms with Crippen LogP contribution in [0.5, 0.6) is 0 Å². The maximum Gasteiger partial charge on any atom is 0.0103 e. The molecule has 1 N–H and O–H groups in total. The van der Waals surface area contributed by atoms with Crippen LogP contribution >= 0.6 is 0 Å². The fourth-order valence-electron chi connectivity index (χ4n) is 4.46. The van der Waals surface area contributed by atoms with Gasteiger partial charge < -0.3 is 5.32 Å². The van der Waals surface area contributed by atoms with Crippen molar-refractivity contribution in [1.29, 1.82) is 0 Å². The van der Waals surface area contributed by atoms with Gasteiger partial charge in [0.05, 0.1) is 0 Å². The van der Waals surface area contributed by atoms with Crippen LogP contribution in [0, 0.1) is 23.2 Å². The van der Waals surface area contributed by atoms with E-state index in [2.05, 4.69) is 39.9 Å². The van der Waals surface area contributed by atoms with Crippen LogP contribution < -0.4 is 5.32 Å². The van der Waals surface area contributed by atoms with E-state index in [1.807, 2.05) is 0 Å². The maximum absolute atomic E-state index is 4.09. The third-order valence-electron chi connectivity index (χ3n) is 6.01. The van der Waals surface area contributed by atoms with Crippen LogP contribution in [0.1, 0.15) is 79.6 Å². The van der Waals surface area contributed by atoms with Gasteiger partial charge in [-0.2, -0.15) is 0 Å². The van der Waals surface area contributed by atoms with E-state index in [-0.39, 0.29) is 0 Å². The highest BCUT2D eigenvalue weighted by Gasteiger charge is 2.37. The van der Waals surface area contributed by atoms with Gasteiger partial charge in [-0.3, -0.25) is 0 Å². The quantitative estimate of drug-likeness (QED) is 0.740. The van der Waals surface area contributed by atoms with E-state index >= 15 is 0 Å². The summed E-state index contributed by atoms with van der Waals surface area (Å²) >= 11 is 0. The molecule has 2 saturated carbocycles. The zero-order chi connectivity index (χ0) is 14.0. The van der Waals surface area contributed by atoms with Gasteiger partial charge in [0, 0.05) is 12.1 Å². The van der Waals surface area contributed by atoms with Crippen LogP contribution in [-0.4, -0.2) is 12.1 Å². The SMILES string of the molecule is CC1CCCC(NC2CCCCC2C(C)(C)C)C1C. The Bertz CT molecular complexity index is 278. The van der Waals surface area contributed by atoms with Crippen molar-refractivity contribution in [3.8, 4) is 0 Å². The molecule has 2 fully saturated rings. The number of hydrogen-bond donors (Lipinski definition) is 1. The molecule has 5 unspecified atom stereocenters. The molecule has 2 rings (SSSR count). The Labute approximate surface area is 120 Å². The predicted molar refractivity (Wildman–Crippen MR) is 84.3 cm³/mol. The first-order chi connectivity index (χ1) is 8.89. The van der Waals surface area contributed by atoms with Gasteiger partial charge in [-0.25, -0.2) is 0 Å². The van der Waals surface area contributed by atoms with Gasteiger partial charge in [0.2, 0.25) is 0 Å². The van der Waals surface area contributed by atoms with E-state index in [4.69, 9.17) is 0 Å². The molecule has 0 spiro atoms. The molecular weight excluding hydrogens is 230 g/mol. The van der Waals surface area contributed by atoms with E-state index in [1.54, 1.807) is 0 Å². The monoisotopic (exact) mass is 265 g/mol. The summed E-state index contributed by atoms with van der Waals surface area (Å²) in [6, 6.07) is 1.54. The number of nitrogens with one attached hydrogen (secondary N) is 1. The van der Waals surface area contributed by atoms with E-state index in [1.165, 1.54) is 44.9 Å². The molecule has 2 aliphatic carbocycles. The predicted octanol–water partition coefficient (Wildman–Crippen LogP) is 5.01. The van der Waals surface area contributed by atoms with E-state index in [0.29, 0.717) is 5.41 Å². The molecule has 1 heteroatoms. The highest BCUT2D eigenvalue weighted by atomic mass is 15.0. The summed E-state index contributed by atoms with van der Waals surface area (Å²) in [5.74, 6) is 2.63. The van der Waals surface area contributed by atoms with Crippen molar-refractivity contribution in [3.63, 3.8) is 0 Å². The summed E-state index contributed by atoms with van der Waals surface area (Å²) in [6.07, 6.45) is 9.97. The highest BCUT2D eigenvalue weighted by molar-refractivity contribution is 4.92. The lowest BCUT2D eigenvalue weighted by Crippen LogP contribution is -2.51. The topological polar surface area (TPSA) is 12.0 Å². The minimum absolute atomic E-state index is 0.460. The number of hydrogen-bond acceptors (Lipinski definition) is 1. The molecule has 1 nitrogen and oxygen atoms in total. The normalized spacial score (nSPS) is 41.2. The third-order valence-corrected chi connectivity index (χ3v) is 6.01. The third kappa shape index (κ3) is 3.74. The summed E-state index contributed by atoms with van der Waals surface area (Å²) in [5.41, 5.74) is 0.460. The molecule has 112 valence electrons. The van der Waals surface area contributed by atoms with Gasteiger partial charge in [0.15, 0.2) is 0 Å². The van der Waals surface area contributed by atoms with Crippen LogP contribution in [-0.2, 0) is 0 Å². The van der Waals surface area contributed by atoms with Crippen LogP contribution in [0.4, 0.5) is 0 Å². The maximum atomic E-state index is 4.09. The van der Waals surface area contributed by atoms with Gasteiger partial charge in [0.1, 0.15) is 0 Å². The smallest absolute Gasteiger partial charge is 0.0103 e. The average molecular weight is 265 g/mol. The van der Waals surface area contributed by atoms with E-state index in [0.717, 1.165) is 29.8 Å². The van der Waals surface area contributed by atoms with Crippen molar-refractivity contribution >= 4 is 0 Å². The van der Waals surface area contributed by atoms with E-state index in [9.17, 15) is 0 Å². The lowest BCUT2D eigenvalue weighted by Gasteiger charge is -2.45. The van der Waals surface area contributed by atoms with Crippen molar-refractivity contribution in [3.05, 3.63) is 0 Å². The van der Waals surface area contributed by atoms with Gasteiger partial charge in [0.25, 0.3) is 0 Å². The molecule has 0 aromatic heterocycles. The van der Waals surface area contributed by atoms with Crippen LogP contribution in [0.25, 0.3) is 0 Å². The molecule has 0 radical (unpaired) electrons. The summed E-state index contributed by atoms with van der Waals surface area (Å²) in [4.78, 5) is 0. The molecule has 19 heavy (non-hydrogen) atoms. The zero-order valence-corrected chi connectivity index (χ0v) is 13.8. The summed E-state index contributed by atoms with van der Waals surface area (Å²) in [5, 5.41) is 4.09. The molecule has 0 amide bonds. The molecule has 0 bridgehead atoms. The number of rotatable bonds is 2. The van der Waals surface area contributed by atoms with Crippen molar-refractivity contribution in [2.75, 3.05) is 0 Å². The van der Waals surface area contributed by atoms with Gasteiger partial charge in [-0.1, -0.05) is 60.3 Å². The first kappa shape index (κ1) is 15.4. The minimum Gasteiger partial charge on any atom is -0.311 e. The Kier molecular flexibility index (Phi) is 4.98. The van der Waals surface area contributed by atoms with Crippen molar-refractivity contribution < 1.29 is 0 Å². The van der Waals surface area contributed by atoms with Crippen molar-refractivity contribution in [1.82, 2.24) is 5.32 Å². The van der Waals surface area contributed by atoms with Crippen LogP contribution in [0.2, 0.25) is 0 Å². The molecule has 0 aromatic rings. The Balaban J connectivity index is 1.99. The molecule has 0 saturated heterocycles. The summed E-state index contributed by atoms with van der Waals surface area (Å²) < 4.78 is 0. The highest BCUT2D eigenvalue weighted by Crippen LogP contribution is 2.39. The first-order valence-electron chi connectivity index (χ1n) is 8.65. The summed E-state index contributed by atoms with van der Waals surface area (Å²) in [7, 11) is 0. The van der Waals surface area contributed by atoms with Crippen molar-refractivity contribution in [2.24, 2.45) is 23.2 Å². The molecule has 0 aromatic carbocycles. The minimum atomic E-state index is 0.460.